The van der Waals surface area contributed by atoms with E-state index < -0.39 is 17.4 Å². The van der Waals surface area contributed by atoms with Crippen LogP contribution in [0.5, 0.6) is 5.75 Å². The number of benzene rings is 2. The Hall–Kier alpha value is -3.39. The first-order valence-electron chi connectivity index (χ1n) is 8.30. The van der Waals surface area contributed by atoms with E-state index in [1.54, 1.807) is 24.3 Å². The van der Waals surface area contributed by atoms with E-state index >= 15 is 0 Å². The lowest BCUT2D eigenvalue weighted by Gasteiger charge is -2.19. The zero-order valence-corrected chi connectivity index (χ0v) is 16.2. The van der Waals surface area contributed by atoms with Crippen molar-refractivity contribution in [3.05, 3.63) is 74.0 Å². The molecule has 28 heavy (non-hydrogen) atoms. The molecule has 7 nitrogen and oxygen atoms in total. The molecule has 0 spiro atoms. The van der Waals surface area contributed by atoms with Crippen molar-refractivity contribution in [1.29, 1.82) is 0 Å². The van der Waals surface area contributed by atoms with E-state index in [-0.39, 0.29) is 22.7 Å². The van der Waals surface area contributed by atoms with Crippen LogP contribution in [0.1, 0.15) is 26.3 Å². The molecule has 1 aliphatic heterocycles. The lowest BCUT2D eigenvalue weighted by Crippen LogP contribution is -2.25. The summed E-state index contributed by atoms with van der Waals surface area (Å²) in [7, 11) is 0. The van der Waals surface area contributed by atoms with Crippen LogP contribution in [0, 0.1) is 6.92 Å². The highest BCUT2D eigenvalue weighted by Gasteiger charge is 2.32. The minimum atomic E-state index is -0.654. The second-order valence-electron chi connectivity index (χ2n) is 6.38. The molecule has 2 aromatic carbocycles. The number of nitrogens with one attached hydrogen (secondary N) is 1. The van der Waals surface area contributed by atoms with Crippen LogP contribution in [0.3, 0.4) is 0 Å². The zero-order chi connectivity index (χ0) is 20.2. The number of carbonyl (C=O) groups is 2. The number of aromatic nitrogens is 1. The number of phenols is 1. The minimum Gasteiger partial charge on any atom is -0.507 e. The van der Waals surface area contributed by atoms with Gasteiger partial charge in [-0.15, -0.1) is 0 Å². The highest BCUT2D eigenvalue weighted by atomic mass is 79.9. The lowest BCUT2D eigenvalue weighted by atomic mass is 10.00. The van der Waals surface area contributed by atoms with Gasteiger partial charge in [0.15, 0.2) is 0 Å². The highest BCUT2D eigenvalue weighted by molar-refractivity contribution is 9.10. The van der Waals surface area contributed by atoms with E-state index in [1.807, 2.05) is 13.0 Å². The number of para-hydroxylation sites is 1. The van der Waals surface area contributed by atoms with E-state index in [0.29, 0.717) is 21.3 Å². The highest BCUT2D eigenvalue weighted by Crippen LogP contribution is 2.39. The van der Waals surface area contributed by atoms with Crippen LogP contribution in [-0.2, 0) is 0 Å². The molecular weight excluding hydrogens is 426 g/mol. The third kappa shape index (κ3) is 2.53. The number of phenolic OH excluding ortho intramolecular Hbond substituents is 1. The van der Waals surface area contributed by atoms with Gasteiger partial charge in [0, 0.05) is 21.7 Å². The molecule has 2 heterocycles. The molecule has 0 aliphatic carbocycles. The number of nitrogens with two attached hydrogens (primary N) is 1. The van der Waals surface area contributed by atoms with Crippen LogP contribution in [0.2, 0.25) is 0 Å². The molecule has 140 valence electrons. The quantitative estimate of drug-likeness (QED) is 0.531. The van der Waals surface area contributed by atoms with Gasteiger partial charge >= 0.3 is 0 Å². The third-order valence-corrected chi connectivity index (χ3v) is 5.68. The third-order valence-electron chi connectivity index (χ3n) is 4.68. The van der Waals surface area contributed by atoms with Crippen LogP contribution >= 0.6 is 15.9 Å². The van der Waals surface area contributed by atoms with Crippen LogP contribution in [0.25, 0.3) is 16.8 Å². The van der Waals surface area contributed by atoms with Gasteiger partial charge in [-0.2, -0.15) is 0 Å². The van der Waals surface area contributed by atoms with Gasteiger partial charge in [-0.05, 0) is 34.5 Å². The molecule has 0 saturated heterocycles. The lowest BCUT2D eigenvalue weighted by molar-refractivity contribution is 0.0880. The maximum atomic E-state index is 12.9. The molecule has 0 atom stereocenters. The van der Waals surface area contributed by atoms with Gasteiger partial charge in [-0.25, -0.2) is 0 Å². The van der Waals surface area contributed by atoms with E-state index in [4.69, 9.17) is 5.73 Å². The summed E-state index contributed by atoms with van der Waals surface area (Å²) >= 11 is 3.50. The Morgan fingerprint density at radius 3 is 2.43 bits per heavy atom. The standard InChI is InChI=1S/C20H14BrN3O4/c1-9-6-7-11(10-4-2-3-5-13(10)25)17(16(9)21)24-14(26)8-12-15(18(24)22)20(28)23-19(12)27/h2-8,25H,22H2,1H3,(H,23,27,28). The summed E-state index contributed by atoms with van der Waals surface area (Å²) in [5.41, 5.74) is 7.76. The van der Waals surface area contributed by atoms with Gasteiger partial charge in [0.05, 0.1) is 16.8 Å². The number of nitrogen functional groups attached to an aromatic ring is 1. The number of anilines is 1. The first-order valence-corrected chi connectivity index (χ1v) is 9.09. The molecule has 2 amide bonds. The van der Waals surface area contributed by atoms with Crippen molar-refractivity contribution in [2.24, 2.45) is 0 Å². The monoisotopic (exact) mass is 439 g/mol. The number of aromatic hydroxyl groups is 1. The predicted octanol–water partition coefficient (Wildman–Crippen LogP) is 2.75. The topological polar surface area (TPSA) is 114 Å². The smallest absolute Gasteiger partial charge is 0.262 e. The Morgan fingerprint density at radius 1 is 1.00 bits per heavy atom. The van der Waals surface area contributed by atoms with Crippen molar-refractivity contribution in [2.75, 3.05) is 5.73 Å². The molecule has 0 fully saturated rings. The summed E-state index contributed by atoms with van der Waals surface area (Å²) in [5.74, 6) is -1.42. The first kappa shape index (κ1) is 18.0. The molecule has 4 rings (SSSR count). The van der Waals surface area contributed by atoms with Crippen molar-refractivity contribution in [1.82, 2.24) is 9.88 Å². The molecule has 1 aliphatic rings. The molecule has 0 unspecified atom stereocenters. The normalized spacial score (nSPS) is 12.8. The molecule has 0 radical (unpaired) electrons. The number of carbonyl (C=O) groups excluding carboxylic acids is 2. The Bertz CT molecular complexity index is 1250. The number of aryl methyl sites for hydroxylation is 1. The first-order chi connectivity index (χ1) is 13.3. The second kappa shape index (κ2) is 6.35. The Balaban J connectivity index is 2.13. The van der Waals surface area contributed by atoms with Crippen molar-refractivity contribution in [3.8, 4) is 22.6 Å². The SMILES string of the molecule is Cc1ccc(-c2ccccc2O)c(-n2c(N)c3c(cc2=O)C(=O)NC3=O)c1Br. The number of rotatable bonds is 2. The Kier molecular flexibility index (Phi) is 4.08. The number of hydrogen-bond acceptors (Lipinski definition) is 5. The van der Waals surface area contributed by atoms with E-state index in [1.165, 1.54) is 10.6 Å². The van der Waals surface area contributed by atoms with Gasteiger partial charge < -0.3 is 10.8 Å². The largest absolute Gasteiger partial charge is 0.507 e. The molecule has 0 bridgehead atoms. The van der Waals surface area contributed by atoms with Crippen LogP contribution in [0.4, 0.5) is 5.82 Å². The van der Waals surface area contributed by atoms with E-state index in [0.717, 1.165) is 11.6 Å². The fourth-order valence-electron chi connectivity index (χ4n) is 3.31. The number of fused-ring (bicyclic) bond motifs is 1. The maximum absolute atomic E-state index is 12.9. The van der Waals surface area contributed by atoms with Crippen molar-refractivity contribution < 1.29 is 14.7 Å². The molecule has 4 N–H and O–H groups in total. The summed E-state index contributed by atoms with van der Waals surface area (Å²) in [6.45, 7) is 1.84. The Labute approximate surface area is 167 Å². The summed E-state index contributed by atoms with van der Waals surface area (Å²) in [6, 6.07) is 11.4. The summed E-state index contributed by atoms with van der Waals surface area (Å²) in [6.07, 6.45) is 0. The molecule has 1 aromatic heterocycles. The number of nitrogens with zero attached hydrogens (tertiary/aromatic N) is 1. The van der Waals surface area contributed by atoms with Crippen molar-refractivity contribution in [3.63, 3.8) is 0 Å². The predicted molar refractivity (Wildman–Crippen MR) is 108 cm³/mol. The fourth-order valence-corrected chi connectivity index (χ4v) is 3.84. The van der Waals surface area contributed by atoms with Crippen molar-refractivity contribution in [2.45, 2.75) is 6.92 Å². The summed E-state index contributed by atoms with van der Waals surface area (Å²) in [5, 5.41) is 12.5. The van der Waals surface area contributed by atoms with Crippen LogP contribution in [-0.4, -0.2) is 21.5 Å². The molecule has 8 heteroatoms. The number of imide groups is 1. The number of pyridine rings is 1. The van der Waals surface area contributed by atoms with Gasteiger partial charge in [0.25, 0.3) is 17.4 Å². The molecule has 0 saturated carbocycles. The number of halogens is 1. The Morgan fingerprint density at radius 2 is 1.71 bits per heavy atom. The minimum absolute atomic E-state index is 0.0280. The number of amides is 2. The van der Waals surface area contributed by atoms with Gasteiger partial charge in [0.2, 0.25) is 0 Å². The van der Waals surface area contributed by atoms with Gasteiger partial charge in [-0.3, -0.25) is 24.3 Å². The fraction of sp³-hybridized carbons (Fsp3) is 0.0500. The average molecular weight is 440 g/mol. The summed E-state index contributed by atoms with van der Waals surface area (Å²) < 4.78 is 1.75. The molecule has 3 aromatic rings. The molecular formula is C20H14BrN3O4. The maximum Gasteiger partial charge on any atom is 0.262 e. The van der Waals surface area contributed by atoms with Gasteiger partial charge in [-0.1, -0.05) is 30.3 Å². The van der Waals surface area contributed by atoms with Crippen LogP contribution in [0.15, 0.2) is 51.7 Å². The van der Waals surface area contributed by atoms with Gasteiger partial charge in [0.1, 0.15) is 11.6 Å². The second-order valence-corrected chi connectivity index (χ2v) is 7.18. The van der Waals surface area contributed by atoms with Crippen LogP contribution < -0.4 is 16.6 Å². The average Bonchev–Trinajstić information content (AvgIpc) is 2.93. The number of hydrogen-bond donors (Lipinski definition) is 3. The zero-order valence-electron chi connectivity index (χ0n) is 14.6. The van der Waals surface area contributed by atoms with E-state index in [9.17, 15) is 19.5 Å². The van der Waals surface area contributed by atoms with Crippen molar-refractivity contribution >= 4 is 33.6 Å². The summed E-state index contributed by atoms with van der Waals surface area (Å²) in [4.78, 5) is 37.0. The van der Waals surface area contributed by atoms with E-state index in [2.05, 4.69) is 21.2 Å².